The van der Waals surface area contributed by atoms with Crippen molar-refractivity contribution in [2.24, 2.45) is 0 Å². The van der Waals surface area contributed by atoms with Gasteiger partial charge in [0.2, 0.25) is 0 Å². The first-order chi connectivity index (χ1) is 15.3. The average molecular weight is 474 g/mol. The number of esters is 1. The number of para-hydroxylation sites is 1. The number of hydrogen-bond donors (Lipinski definition) is 2. The van der Waals surface area contributed by atoms with Crippen molar-refractivity contribution in [1.29, 1.82) is 0 Å². The van der Waals surface area contributed by atoms with Gasteiger partial charge in [-0.1, -0.05) is 29.8 Å². The first-order valence-corrected chi connectivity index (χ1v) is 10.7. The number of benzene rings is 2. The molecule has 0 saturated carbocycles. The Labute approximate surface area is 193 Å². The largest absolute Gasteiger partial charge is 0.486 e. The fourth-order valence-corrected chi connectivity index (χ4v) is 3.53. The van der Waals surface area contributed by atoms with Crippen molar-refractivity contribution < 1.29 is 23.9 Å². The molecular weight excluding hydrogens is 454 g/mol. The molecular formula is C22H20ClN3O5S. The summed E-state index contributed by atoms with van der Waals surface area (Å²) < 4.78 is 10.8. The number of amides is 3. The number of imide groups is 1. The lowest BCUT2D eigenvalue weighted by atomic mass is 10.3. The maximum Gasteiger partial charge on any atom is 0.351 e. The van der Waals surface area contributed by atoms with Crippen LogP contribution in [0.25, 0.3) is 0 Å². The molecule has 3 rings (SSSR count). The number of carbonyl (C=O) groups excluding carboxylic acids is 3. The molecule has 0 aliphatic carbocycles. The van der Waals surface area contributed by atoms with Gasteiger partial charge in [0.15, 0.2) is 6.10 Å². The van der Waals surface area contributed by atoms with Crippen molar-refractivity contribution in [2.75, 3.05) is 5.32 Å². The molecule has 1 aromatic heterocycles. The number of nitrogens with zero attached hydrogens (tertiary/aromatic N) is 1. The summed E-state index contributed by atoms with van der Waals surface area (Å²) in [6.45, 7) is 3.21. The third-order valence-electron chi connectivity index (χ3n) is 4.12. The van der Waals surface area contributed by atoms with Crippen LogP contribution in [0.5, 0.6) is 5.75 Å². The molecule has 0 bridgehead atoms. The lowest BCUT2D eigenvalue weighted by Gasteiger charge is -2.13. The summed E-state index contributed by atoms with van der Waals surface area (Å²) in [5, 5.41) is 5.83. The van der Waals surface area contributed by atoms with Gasteiger partial charge in [0.05, 0.1) is 5.69 Å². The van der Waals surface area contributed by atoms with Crippen LogP contribution >= 0.6 is 22.9 Å². The zero-order valence-corrected chi connectivity index (χ0v) is 18.8. The molecule has 1 heterocycles. The van der Waals surface area contributed by atoms with Gasteiger partial charge in [-0.15, -0.1) is 11.3 Å². The average Bonchev–Trinajstić information content (AvgIpc) is 3.14. The molecule has 0 aliphatic rings. The summed E-state index contributed by atoms with van der Waals surface area (Å²) in [5.41, 5.74) is 0.986. The van der Waals surface area contributed by atoms with Gasteiger partial charge in [-0.3, -0.25) is 10.1 Å². The molecule has 3 amide bonds. The van der Waals surface area contributed by atoms with Crippen LogP contribution in [0.15, 0.2) is 54.6 Å². The number of rotatable bonds is 7. The van der Waals surface area contributed by atoms with Gasteiger partial charge in [-0.2, -0.15) is 0 Å². The first kappa shape index (κ1) is 23.2. The molecule has 0 fully saturated rings. The lowest BCUT2D eigenvalue weighted by Crippen LogP contribution is -2.41. The van der Waals surface area contributed by atoms with E-state index in [0.717, 1.165) is 11.3 Å². The molecule has 3 aromatic rings. The number of ether oxygens (including phenoxy) is 2. The summed E-state index contributed by atoms with van der Waals surface area (Å²) in [6.07, 6.45) is -1.18. The second-order valence-electron chi connectivity index (χ2n) is 6.62. The SMILES string of the molecule is Cc1nc(COc2ccc(Cl)cc2)sc1C(=O)OC(C)C(=O)NC(=O)Nc1ccccc1. The van der Waals surface area contributed by atoms with E-state index in [9.17, 15) is 14.4 Å². The Morgan fingerprint density at radius 1 is 1.09 bits per heavy atom. The van der Waals surface area contributed by atoms with Crippen molar-refractivity contribution in [3.63, 3.8) is 0 Å². The quantitative estimate of drug-likeness (QED) is 0.486. The Morgan fingerprint density at radius 2 is 1.78 bits per heavy atom. The predicted octanol–water partition coefficient (Wildman–Crippen LogP) is 4.58. The standard InChI is InChI=1S/C22H20ClN3O5S/c1-13-19(32-18(24-13)12-30-17-10-8-15(23)9-11-17)21(28)31-14(2)20(27)26-22(29)25-16-6-4-3-5-7-16/h3-11,14H,12H2,1-2H3,(H2,25,26,27,29). The van der Waals surface area contributed by atoms with Crippen LogP contribution < -0.4 is 15.4 Å². The molecule has 0 radical (unpaired) electrons. The maximum absolute atomic E-state index is 12.5. The van der Waals surface area contributed by atoms with Gasteiger partial charge in [0, 0.05) is 10.7 Å². The minimum Gasteiger partial charge on any atom is -0.486 e. The Bertz CT molecular complexity index is 1100. The second-order valence-corrected chi connectivity index (χ2v) is 8.14. The summed E-state index contributed by atoms with van der Waals surface area (Å²) in [7, 11) is 0. The highest BCUT2D eigenvalue weighted by molar-refractivity contribution is 7.13. The minimum absolute atomic E-state index is 0.163. The third kappa shape index (κ3) is 6.53. The van der Waals surface area contributed by atoms with Crippen LogP contribution in [-0.2, 0) is 16.1 Å². The lowest BCUT2D eigenvalue weighted by molar-refractivity contribution is -0.127. The van der Waals surface area contributed by atoms with Crippen LogP contribution in [0.3, 0.4) is 0 Å². The number of carbonyl (C=O) groups is 3. The Balaban J connectivity index is 1.52. The van der Waals surface area contributed by atoms with Gasteiger partial charge in [0.1, 0.15) is 22.2 Å². The number of aromatic nitrogens is 1. The number of urea groups is 1. The molecule has 1 unspecified atom stereocenters. The highest BCUT2D eigenvalue weighted by Gasteiger charge is 2.24. The molecule has 0 spiro atoms. The molecule has 2 aromatic carbocycles. The summed E-state index contributed by atoms with van der Waals surface area (Å²) in [6, 6.07) is 14.8. The Hall–Kier alpha value is -3.43. The van der Waals surface area contributed by atoms with Crippen LogP contribution in [-0.4, -0.2) is 29.0 Å². The number of aryl methyl sites for hydroxylation is 1. The monoisotopic (exact) mass is 473 g/mol. The van der Waals surface area contributed by atoms with E-state index in [-0.39, 0.29) is 11.5 Å². The summed E-state index contributed by atoms with van der Waals surface area (Å²) in [4.78, 5) is 41.2. The molecule has 32 heavy (non-hydrogen) atoms. The van der Waals surface area contributed by atoms with E-state index in [0.29, 0.717) is 27.2 Å². The zero-order chi connectivity index (χ0) is 23.1. The molecule has 10 heteroatoms. The topological polar surface area (TPSA) is 107 Å². The Morgan fingerprint density at radius 3 is 2.47 bits per heavy atom. The van der Waals surface area contributed by atoms with Crippen LogP contribution in [0, 0.1) is 6.92 Å². The van der Waals surface area contributed by atoms with Crippen LogP contribution in [0.1, 0.15) is 27.3 Å². The molecule has 0 aliphatic heterocycles. The summed E-state index contributed by atoms with van der Waals surface area (Å²) >= 11 is 6.96. The number of halogens is 1. The molecule has 2 N–H and O–H groups in total. The van der Waals surface area contributed by atoms with Crippen molar-refractivity contribution in [1.82, 2.24) is 10.3 Å². The minimum atomic E-state index is -1.18. The van der Waals surface area contributed by atoms with E-state index in [2.05, 4.69) is 15.6 Å². The zero-order valence-electron chi connectivity index (χ0n) is 17.3. The highest BCUT2D eigenvalue weighted by Crippen LogP contribution is 2.22. The van der Waals surface area contributed by atoms with Crippen molar-refractivity contribution >= 4 is 46.5 Å². The van der Waals surface area contributed by atoms with Gasteiger partial charge >= 0.3 is 12.0 Å². The fraction of sp³-hybridized carbons (Fsp3) is 0.182. The molecule has 1 atom stereocenters. The fourth-order valence-electron chi connectivity index (χ4n) is 2.54. The molecule has 8 nitrogen and oxygen atoms in total. The maximum atomic E-state index is 12.5. The van der Waals surface area contributed by atoms with E-state index in [1.54, 1.807) is 61.5 Å². The van der Waals surface area contributed by atoms with E-state index < -0.39 is 24.0 Å². The number of anilines is 1. The predicted molar refractivity (Wildman–Crippen MR) is 121 cm³/mol. The van der Waals surface area contributed by atoms with Gasteiger partial charge in [0.25, 0.3) is 5.91 Å². The van der Waals surface area contributed by atoms with Crippen LogP contribution in [0.2, 0.25) is 5.02 Å². The number of nitrogens with one attached hydrogen (secondary N) is 2. The van der Waals surface area contributed by atoms with Gasteiger partial charge in [-0.05, 0) is 50.2 Å². The van der Waals surface area contributed by atoms with E-state index in [4.69, 9.17) is 21.1 Å². The van der Waals surface area contributed by atoms with E-state index in [1.807, 2.05) is 0 Å². The normalized spacial score (nSPS) is 11.3. The number of hydrogen-bond acceptors (Lipinski definition) is 7. The van der Waals surface area contributed by atoms with Crippen molar-refractivity contribution in [3.8, 4) is 5.75 Å². The molecule has 0 saturated heterocycles. The Kier molecular flexibility index (Phi) is 7.80. The third-order valence-corrected chi connectivity index (χ3v) is 5.49. The highest BCUT2D eigenvalue weighted by atomic mass is 35.5. The number of thiazole rings is 1. The second kappa shape index (κ2) is 10.7. The van der Waals surface area contributed by atoms with Gasteiger partial charge in [-0.25, -0.2) is 14.6 Å². The smallest absolute Gasteiger partial charge is 0.351 e. The van der Waals surface area contributed by atoms with E-state index >= 15 is 0 Å². The van der Waals surface area contributed by atoms with E-state index in [1.165, 1.54) is 6.92 Å². The molecule has 166 valence electrons. The van der Waals surface area contributed by atoms with Crippen molar-refractivity contribution in [3.05, 3.63) is 75.2 Å². The first-order valence-electron chi connectivity index (χ1n) is 9.54. The summed E-state index contributed by atoms with van der Waals surface area (Å²) in [5.74, 6) is -0.838. The van der Waals surface area contributed by atoms with Crippen molar-refractivity contribution in [2.45, 2.75) is 26.6 Å². The van der Waals surface area contributed by atoms with Gasteiger partial charge < -0.3 is 14.8 Å². The van der Waals surface area contributed by atoms with Crippen LogP contribution in [0.4, 0.5) is 10.5 Å².